The van der Waals surface area contributed by atoms with E-state index in [-0.39, 0.29) is 5.41 Å². The number of ketones is 1. The predicted molar refractivity (Wildman–Crippen MR) is 52.4 cm³/mol. The van der Waals surface area contributed by atoms with Crippen molar-refractivity contribution >= 4 is 5.78 Å². The summed E-state index contributed by atoms with van der Waals surface area (Å²) in [6.07, 6.45) is 4.30. The lowest BCUT2D eigenvalue weighted by Crippen LogP contribution is -2.30. The van der Waals surface area contributed by atoms with Crippen LogP contribution in [-0.4, -0.2) is 11.0 Å². The fraction of sp³-hybridized carbons (Fsp3) is 0.900. The first-order valence-electron chi connectivity index (χ1n) is 4.80. The summed E-state index contributed by atoms with van der Waals surface area (Å²) in [5.41, 5.74) is 0.192. The van der Waals surface area contributed by atoms with E-state index >= 15 is 0 Å². The van der Waals surface area contributed by atoms with Gasteiger partial charge in [0.2, 0.25) is 0 Å². The van der Waals surface area contributed by atoms with Crippen LogP contribution in [0.25, 0.3) is 0 Å². The standard InChI is InChI=1S/C10H18O.H3NO/c1-10(2,3)8-6-4-5-7-9(8)11;1-2/h8H,4-7H2,1-3H3;2H,1H2. The highest BCUT2D eigenvalue weighted by Crippen LogP contribution is 2.35. The molecule has 0 aliphatic heterocycles. The Balaban J connectivity index is 0.000000671. The molecule has 1 rings (SSSR count). The summed E-state index contributed by atoms with van der Waals surface area (Å²) < 4.78 is 0. The monoisotopic (exact) mass is 187 g/mol. The first-order valence-corrected chi connectivity index (χ1v) is 4.80. The van der Waals surface area contributed by atoms with Crippen LogP contribution in [-0.2, 0) is 4.79 Å². The summed E-state index contributed by atoms with van der Waals surface area (Å²) in [4.78, 5) is 11.4. The molecule has 3 nitrogen and oxygen atoms in total. The van der Waals surface area contributed by atoms with Crippen molar-refractivity contribution in [3.63, 3.8) is 0 Å². The summed E-state index contributed by atoms with van der Waals surface area (Å²) in [7, 11) is 0. The van der Waals surface area contributed by atoms with Crippen LogP contribution in [0.2, 0.25) is 0 Å². The Labute approximate surface area is 80.3 Å². The molecule has 3 heteroatoms. The smallest absolute Gasteiger partial charge is 0.136 e. The number of Topliss-reactive ketones (excluding diaryl/α,β-unsaturated/α-hetero) is 1. The maximum Gasteiger partial charge on any atom is 0.136 e. The minimum Gasteiger partial charge on any atom is -0.320 e. The van der Waals surface area contributed by atoms with Gasteiger partial charge in [0, 0.05) is 12.3 Å². The second-order valence-corrected chi connectivity index (χ2v) is 4.63. The molecular formula is C10H21NO2. The predicted octanol–water partition coefficient (Wildman–Crippen LogP) is 2.13. The van der Waals surface area contributed by atoms with Gasteiger partial charge >= 0.3 is 0 Å². The van der Waals surface area contributed by atoms with Gasteiger partial charge in [-0.25, -0.2) is 5.90 Å². The highest BCUT2D eigenvalue weighted by atomic mass is 16.4. The lowest BCUT2D eigenvalue weighted by molar-refractivity contribution is -0.128. The zero-order valence-corrected chi connectivity index (χ0v) is 8.84. The van der Waals surface area contributed by atoms with Crippen LogP contribution in [0.5, 0.6) is 0 Å². The van der Waals surface area contributed by atoms with Gasteiger partial charge in [-0.3, -0.25) is 4.79 Å². The maximum absolute atomic E-state index is 11.4. The van der Waals surface area contributed by atoms with Gasteiger partial charge in [-0.1, -0.05) is 27.2 Å². The first kappa shape index (κ1) is 12.6. The highest BCUT2D eigenvalue weighted by Gasteiger charge is 2.32. The Hall–Kier alpha value is -0.410. The van der Waals surface area contributed by atoms with Gasteiger partial charge < -0.3 is 5.21 Å². The van der Waals surface area contributed by atoms with Crippen LogP contribution in [0, 0.1) is 11.3 Å². The quantitative estimate of drug-likeness (QED) is 0.571. The van der Waals surface area contributed by atoms with E-state index in [9.17, 15) is 4.79 Å². The second-order valence-electron chi connectivity index (χ2n) is 4.63. The van der Waals surface area contributed by atoms with Crippen molar-refractivity contribution in [3.8, 4) is 0 Å². The van der Waals surface area contributed by atoms with E-state index in [4.69, 9.17) is 5.21 Å². The molecule has 0 aromatic carbocycles. The molecule has 1 unspecified atom stereocenters. The summed E-state index contributed by atoms with van der Waals surface area (Å²) >= 11 is 0. The molecule has 1 aliphatic carbocycles. The van der Waals surface area contributed by atoms with Crippen molar-refractivity contribution in [2.45, 2.75) is 46.5 Å². The molecule has 0 saturated heterocycles. The van der Waals surface area contributed by atoms with Gasteiger partial charge in [-0.15, -0.1) is 0 Å². The number of rotatable bonds is 0. The van der Waals surface area contributed by atoms with Crippen molar-refractivity contribution in [3.05, 3.63) is 0 Å². The van der Waals surface area contributed by atoms with Crippen LogP contribution in [0.1, 0.15) is 46.5 Å². The van der Waals surface area contributed by atoms with E-state index in [0.29, 0.717) is 11.7 Å². The third kappa shape index (κ3) is 3.87. The molecule has 1 saturated carbocycles. The Morgan fingerprint density at radius 1 is 1.31 bits per heavy atom. The lowest BCUT2D eigenvalue weighted by Gasteiger charge is -2.32. The molecule has 78 valence electrons. The third-order valence-electron chi connectivity index (χ3n) is 2.60. The van der Waals surface area contributed by atoms with Gasteiger partial charge in [-0.05, 0) is 18.3 Å². The Kier molecular flexibility index (Phi) is 5.18. The number of hydrogen-bond acceptors (Lipinski definition) is 3. The Morgan fingerprint density at radius 3 is 2.15 bits per heavy atom. The van der Waals surface area contributed by atoms with Crippen molar-refractivity contribution in [2.75, 3.05) is 0 Å². The van der Waals surface area contributed by atoms with Crippen molar-refractivity contribution in [2.24, 2.45) is 17.2 Å². The molecule has 13 heavy (non-hydrogen) atoms. The maximum atomic E-state index is 11.4. The average Bonchev–Trinajstić information content (AvgIpc) is 2.07. The number of carbonyl (C=O) groups is 1. The van der Waals surface area contributed by atoms with Crippen LogP contribution >= 0.6 is 0 Å². The Morgan fingerprint density at radius 2 is 1.85 bits per heavy atom. The zero-order valence-electron chi connectivity index (χ0n) is 8.84. The van der Waals surface area contributed by atoms with Crippen LogP contribution < -0.4 is 5.90 Å². The number of carbonyl (C=O) groups excluding carboxylic acids is 1. The van der Waals surface area contributed by atoms with Crippen LogP contribution in [0.3, 0.4) is 0 Å². The van der Waals surface area contributed by atoms with E-state index in [1.54, 1.807) is 0 Å². The second kappa shape index (κ2) is 5.35. The minimum atomic E-state index is 0.192. The molecule has 3 N–H and O–H groups in total. The summed E-state index contributed by atoms with van der Waals surface area (Å²) in [6.45, 7) is 6.50. The van der Waals surface area contributed by atoms with Gasteiger partial charge in [0.1, 0.15) is 5.78 Å². The molecule has 0 aromatic heterocycles. The number of hydrogen-bond donors (Lipinski definition) is 2. The average molecular weight is 187 g/mol. The summed E-state index contributed by atoms with van der Waals surface area (Å²) in [5.74, 6) is 4.32. The SMILES string of the molecule is CC(C)(C)C1CCCCC1=O.NO. The van der Waals surface area contributed by atoms with E-state index in [1.165, 1.54) is 6.42 Å². The molecule has 0 amide bonds. The molecule has 1 aliphatic rings. The molecule has 0 spiro atoms. The Bertz CT molecular complexity index is 161. The fourth-order valence-electron chi connectivity index (χ4n) is 1.90. The fourth-order valence-corrected chi connectivity index (χ4v) is 1.90. The van der Waals surface area contributed by atoms with Crippen molar-refractivity contribution in [1.29, 1.82) is 0 Å². The third-order valence-corrected chi connectivity index (χ3v) is 2.60. The largest absolute Gasteiger partial charge is 0.320 e. The van der Waals surface area contributed by atoms with E-state index < -0.39 is 0 Å². The van der Waals surface area contributed by atoms with E-state index in [0.717, 1.165) is 19.3 Å². The van der Waals surface area contributed by atoms with Crippen molar-refractivity contribution < 1.29 is 10.0 Å². The van der Waals surface area contributed by atoms with E-state index in [2.05, 4.69) is 26.7 Å². The normalized spacial score (nSPS) is 23.5. The molecule has 0 radical (unpaired) electrons. The molecule has 1 fully saturated rings. The van der Waals surface area contributed by atoms with Crippen LogP contribution in [0.15, 0.2) is 0 Å². The van der Waals surface area contributed by atoms with Crippen LogP contribution in [0.4, 0.5) is 0 Å². The summed E-state index contributed by atoms with van der Waals surface area (Å²) in [5, 5.41) is 6.50. The first-order chi connectivity index (χ1) is 6.02. The number of nitrogens with two attached hydrogens (primary N) is 1. The molecule has 1 atom stereocenters. The summed E-state index contributed by atoms with van der Waals surface area (Å²) in [6, 6.07) is 0. The highest BCUT2D eigenvalue weighted by molar-refractivity contribution is 5.82. The van der Waals surface area contributed by atoms with Crippen molar-refractivity contribution in [1.82, 2.24) is 0 Å². The zero-order chi connectivity index (χ0) is 10.5. The van der Waals surface area contributed by atoms with Gasteiger partial charge in [0.25, 0.3) is 0 Å². The minimum absolute atomic E-state index is 0.192. The molecule has 0 aromatic rings. The molecule has 0 bridgehead atoms. The lowest BCUT2D eigenvalue weighted by atomic mass is 9.72. The van der Waals surface area contributed by atoms with Gasteiger partial charge in [-0.2, -0.15) is 0 Å². The molecule has 0 heterocycles. The molecular weight excluding hydrogens is 166 g/mol. The van der Waals surface area contributed by atoms with Gasteiger partial charge in [0.15, 0.2) is 0 Å². The van der Waals surface area contributed by atoms with E-state index in [1.807, 2.05) is 0 Å². The van der Waals surface area contributed by atoms with Gasteiger partial charge in [0.05, 0.1) is 0 Å². The topological polar surface area (TPSA) is 63.3 Å².